The van der Waals surface area contributed by atoms with Crippen molar-refractivity contribution >= 4 is 27.7 Å². The van der Waals surface area contributed by atoms with Gasteiger partial charge >= 0.3 is 6.18 Å². The first-order valence-electron chi connectivity index (χ1n) is 5.47. The summed E-state index contributed by atoms with van der Waals surface area (Å²) < 4.78 is 39.0. The SMILES string of the molecule is O=C1CC(CO)CN1c1ncc(Br)cc1C(F)(F)F. The van der Waals surface area contributed by atoms with E-state index in [-0.39, 0.29) is 30.0 Å². The molecule has 0 spiro atoms. The molecule has 1 fully saturated rings. The number of rotatable bonds is 2. The number of carbonyl (C=O) groups excluding carboxylic acids is 1. The number of carbonyl (C=O) groups is 1. The van der Waals surface area contributed by atoms with Crippen molar-refractivity contribution in [2.75, 3.05) is 18.1 Å². The van der Waals surface area contributed by atoms with Gasteiger partial charge in [0.05, 0.1) is 5.56 Å². The fourth-order valence-electron chi connectivity index (χ4n) is 1.96. The average molecular weight is 339 g/mol. The van der Waals surface area contributed by atoms with Crippen molar-refractivity contribution in [3.63, 3.8) is 0 Å². The van der Waals surface area contributed by atoms with Crippen LogP contribution in [-0.2, 0) is 11.0 Å². The van der Waals surface area contributed by atoms with Gasteiger partial charge in [0, 0.05) is 36.2 Å². The molecule has 19 heavy (non-hydrogen) atoms. The molecule has 1 aromatic heterocycles. The second-order valence-corrected chi connectivity index (χ2v) is 5.20. The van der Waals surface area contributed by atoms with E-state index in [2.05, 4.69) is 20.9 Å². The van der Waals surface area contributed by atoms with Crippen LogP contribution in [0.15, 0.2) is 16.7 Å². The Morgan fingerprint density at radius 3 is 2.74 bits per heavy atom. The van der Waals surface area contributed by atoms with Gasteiger partial charge in [0.2, 0.25) is 5.91 Å². The van der Waals surface area contributed by atoms with E-state index in [4.69, 9.17) is 5.11 Å². The van der Waals surface area contributed by atoms with Gasteiger partial charge in [-0.15, -0.1) is 0 Å². The number of pyridine rings is 1. The van der Waals surface area contributed by atoms with E-state index in [0.717, 1.165) is 11.0 Å². The van der Waals surface area contributed by atoms with Gasteiger partial charge in [0.1, 0.15) is 5.82 Å². The van der Waals surface area contributed by atoms with Crippen LogP contribution in [0.5, 0.6) is 0 Å². The first kappa shape index (κ1) is 14.3. The summed E-state index contributed by atoms with van der Waals surface area (Å²) in [5, 5.41) is 8.99. The highest BCUT2D eigenvalue weighted by Crippen LogP contribution is 2.38. The van der Waals surface area contributed by atoms with Gasteiger partial charge in [-0.1, -0.05) is 0 Å². The summed E-state index contributed by atoms with van der Waals surface area (Å²) in [6.07, 6.45) is -3.35. The highest BCUT2D eigenvalue weighted by Gasteiger charge is 2.40. The molecular weight excluding hydrogens is 329 g/mol. The molecule has 1 saturated heterocycles. The minimum Gasteiger partial charge on any atom is -0.396 e. The number of hydrogen-bond donors (Lipinski definition) is 1. The van der Waals surface area contributed by atoms with Crippen molar-refractivity contribution in [3.05, 3.63) is 22.3 Å². The summed E-state index contributed by atoms with van der Waals surface area (Å²) in [6, 6.07) is 0.891. The zero-order valence-electron chi connectivity index (χ0n) is 9.62. The van der Waals surface area contributed by atoms with Crippen LogP contribution in [0.4, 0.5) is 19.0 Å². The van der Waals surface area contributed by atoms with E-state index in [1.165, 1.54) is 6.20 Å². The lowest BCUT2D eigenvalue weighted by Gasteiger charge is -2.20. The number of amides is 1. The molecule has 104 valence electrons. The van der Waals surface area contributed by atoms with Gasteiger partial charge < -0.3 is 5.11 Å². The summed E-state index contributed by atoms with van der Waals surface area (Å²) in [4.78, 5) is 16.4. The lowest BCUT2D eigenvalue weighted by Crippen LogP contribution is -2.28. The van der Waals surface area contributed by atoms with Crippen LogP contribution in [0.25, 0.3) is 0 Å². The summed E-state index contributed by atoms with van der Waals surface area (Å²) in [5.74, 6) is -1.21. The highest BCUT2D eigenvalue weighted by molar-refractivity contribution is 9.10. The van der Waals surface area contributed by atoms with E-state index in [0.29, 0.717) is 0 Å². The van der Waals surface area contributed by atoms with Gasteiger partial charge in [0.15, 0.2) is 0 Å². The van der Waals surface area contributed by atoms with Gasteiger partial charge in [-0.3, -0.25) is 9.69 Å². The van der Waals surface area contributed by atoms with E-state index >= 15 is 0 Å². The normalized spacial score (nSPS) is 20.2. The van der Waals surface area contributed by atoms with Gasteiger partial charge in [-0.05, 0) is 22.0 Å². The number of nitrogens with zero attached hydrogens (tertiary/aromatic N) is 2. The van der Waals surface area contributed by atoms with Crippen LogP contribution < -0.4 is 4.90 Å². The van der Waals surface area contributed by atoms with Crippen molar-refractivity contribution in [1.82, 2.24) is 4.98 Å². The molecule has 1 aromatic rings. The van der Waals surface area contributed by atoms with Crippen LogP contribution in [0.1, 0.15) is 12.0 Å². The lowest BCUT2D eigenvalue weighted by atomic mass is 10.1. The van der Waals surface area contributed by atoms with Gasteiger partial charge in [-0.2, -0.15) is 13.2 Å². The van der Waals surface area contributed by atoms with E-state index in [1.54, 1.807) is 0 Å². The number of halogens is 4. The fourth-order valence-corrected chi connectivity index (χ4v) is 2.30. The number of anilines is 1. The largest absolute Gasteiger partial charge is 0.420 e. The molecule has 4 nitrogen and oxygen atoms in total. The first-order valence-corrected chi connectivity index (χ1v) is 6.26. The molecule has 1 aliphatic heterocycles. The van der Waals surface area contributed by atoms with Crippen LogP contribution in [0.2, 0.25) is 0 Å². The number of aliphatic hydroxyl groups excluding tert-OH is 1. The molecule has 1 amide bonds. The van der Waals surface area contributed by atoms with Crippen molar-refractivity contribution in [3.8, 4) is 0 Å². The van der Waals surface area contributed by atoms with E-state index in [1.807, 2.05) is 0 Å². The molecule has 0 bridgehead atoms. The third-order valence-corrected chi connectivity index (χ3v) is 3.29. The smallest absolute Gasteiger partial charge is 0.396 e. The molecular formula is C11H10BrF3N2O2. The minimum atomic E-state index is -4.59. The molecule has 0 aromatic carbocycles. The van der Waals surface area contributed by atoms with Crippen molar-refractivity contribution in [2.45, 2.75) is 12.6 Å². The first-order chi connectivity index (χ1) is 8.82. The van der Waals surface area contributed by atoms with Crippen LogP contribution in [-0.4, -0.2) is 29.1 Å². The molecule has 1 unspecified atom stereocenters. The topological polar surface area (TPSA) is 53.4 Å². The molecule has 0 radical (unpaired) electrons. The third-order valence-electron chi connectivity index (χ3n) is 2.86. The number of hydrogen-bond acceptors (Lipinski definition) is 3. The summed E-state index contributed by atoms with van der Waals surface area (Å²) in [6.45, 7) is -0.187. The van der Waals surface area contributed by atoms with Gasteiger partial charge in [0.25, 0.3) is 0 Å². The summed E-state index contributed by atoms with van der Waals surface area (Å²) in [5.41, 5.74) is -0.964. The maximum Gasteiger partial charge on any atom is 0.420 e. The predicted molar refractivity (Wildman–Crippen MR) is 64.5 cm³/mol. The lowest BCUT2D eigenvalue weighted by molar-refractivity contribution is -0.137. The Labute approximate surface area is 115 Å². The Hall–Kier alpha value is -1.15. The molecule has 2 rings (SSSR count). The van der Waals surface area contributed by atoms with Crippen LogP contribution in [0.3, 0.4) is 0 Å². The number of aliphatic hydroxyl groups is 1. The highest BCUT2D eigenvalue weighted by atomic mass is 79.9. The Balaban J connectivity index is 2.43. The zero-order valence-corrected chi connectivity index (χ0v) is 11.2. The molecule has 0 saturated carbocycles. The van der Waals surface area contributed by atoms with E-state index < -0.39 is 23.5 Å². The second kappa shape index (κ2) is 5.09. The van der Waals surface area contributed by atoms with Crippen LogP contribution >= 0.6 is 15.9 Å². The van der Waals surface area contributed by atoms with Crippen molar-refractivity contribution < 1.29 is 23.1 Å². The fraction of sp³-hybridized carbons (Fsp3) is 0.455. The molecule has 1 N–H and O–H groups in total. The molecule has 1 atom stereocenters. The number of aromatic nitrogens is 1. The zero-order chi connectivity index (χ0) is 14.2. The Morgan fingerprint density at radius 1 is 1.53 bits per heavy atom. The molecule has 1 aliphatic rings. The Bertz CT molecular complexity index is 507. The molecule has 0 aliphatic carbocycles. The molecule has 8 heteroatoms. The van der Waals surface area contributed by atoms with Gasteiger partial charge in [-0.25, -0.2) is 4.98 Å². The quantitative estimate of drug-likeness (QED) is 0.899. The Kier molecular flexibility index (Phi) is 3.82. The average Bonchev–Trinajstić information content (AvgIpc) is 2.69. The summed E-state index contributed by atoms with van der Waals surface area (Å²) in [7, 11) is 0. The van der Waals surface area contributed by atoms with Crippen LogP contribution in [0, 0.1) is 5.92 Å². The maximum absolute atomic E-state index is 12.9. The molecule has 2 heterocycles. The monoisotopic (exact) mass is 338 g/mol. The second-order valence-electron chi connectivity index (χ2n) is 4.28. The number of alkyl halides is 3. The minimum absolute atomic E-state index is 0.0333. The Morgan fingerprint density at radius 2 is 2.21 bits per heavy atom. The van der Waals surface area contributed by atoms with Crippen molar-refractivity contribution in [1.29, 1.82) is 0 Å². The standard InChI is InChI=1S/C11H10BrF3N2O2/c12-7-2-8(11(13,14)15)10(16-3-7)17-4-6(5-18)1-9(17)19/h2-3,6,18H,1,4-5H2. The maximum atomic E-state index is 12.9. The predicted octanol–water partition coefficient (Wildman–Crippen LogP) is 2.21. The third kappa shape index (κ3) is 2.89. The van der Waals surface area contributed by atoms with E-state index in [9.17, 15) is 18.0 Å². The summed E-state index contributed by atoms with van der Waals surface area (Å²) >= 11 is 2.93. The van der Waals surface area contributed by atoms with Crippen molar-refractivity contribution in [2.24, 2.45) is 5.92 Å².